The summed E-state index contributed by atoms with van der Waals surface area (Å²) in [4.78, 5) is 4.52. The van der Waals surface area contributed by atoms with E-state index in [-0.39, 0.29) is 5.41 Å². The summed E-state index contributed by atoms with van der Waals surface area (Å²) < 4.78 is 5.40. The predicted molar refractivity (Wildman–Crippen MR) is 62.1 cm³/mol. The third-order valence-electron chi connectivity index (χ3n) is 3.18. The largest absolute Gasteiger partial charge is 0.381 e. The number of ether oxygens (including phenoxy) is 1. The van der Waals surface area contributed by atoms with Crippen LogP contribution in [0.5, 0.6) is 0 Å². The molecule has 84 valence electrons. The van der Waals surface area contributed by atoms with Crippen molar-refractivity contribution in [2.45, 2.75) is 26.2 Å². The minimum Gasteiger partial charge on any atom is -0.381 e. The average molecular weight is 226 g/mol. The van der Waals surface area contributed by atoms with Crippen LogP contribution in [0.15, 0.2) is 5.38 Å². The smallest absolute Gasteiger partial charge is 0.0934 e. The lowest BCUT2D eigenvalue weighted by molar-refractivity contribution is 0.0191. The third-order valence-corrected chi connectivity index (χ3v) is 4.15. The molecule has 1 aliphatic rings. The van der Waals surface area contributed by atoms with Crippen LogP contribution in [0, 0.1) is 12.3 Å². The lowest BCUT2D eigenvalue weighted by Gasteiger charge is -2.35. The second-order valence-corrected chi connectivity index (χ2v) is 5.32. The number of rotatable bonds is 3. The highest BCUT2D eigenvalue weighted by Crippen LogP contribution is 2.33. The predicted octanol–water partition coefficient (Wildman–Crippen LogP) is 1.75. The van der Waals surface area contributed by atoms with Gasteiger partial charge in [0.15, 0.2) is 0 Å². The molecule has 0 saturated carbocycles. The highest BCUT2D eigenvalue weighted by Gasteiger charge is 2.32. The van der Waals surface area contributed by atoms with Crippen molar-refractivity contribution in [2.24, 2.45) is 11.1 Å². The molecular weight excluding hydrogens is 208 g/mol. The van der Waals surface area contributed by atoms with Gasteiger partial charge in [0.2, 0.25) is 0 Å². The van der Waals surface area contributed by atoms with E-state index >= 15 is 0 Å². The fourth-order valence-corrected chi connectivity index (χ4v) is 3.01. The lowest BCUT2D eigenvalue weighted by atomic mass is 9.77. The van der Waals surface area contributed by atoms with E-state index in [1.165, 1.54) is 5.01 Å². The lowest BCUT2D eigenvalue weighted by Crippen LogP contribution is -2.38. The maximum Gasteiger partial charge on any atom is 0.0934 e. The molecule has 0 spiro atoms. The molecule has 0 aromatic carbocycles. The molecule has 0 aliphatic carbocycles. The van der Waals surface area contributed by atoms with Crippen molar-refractivity contribution in [3.63, 3.8) is 0 Å². The monoisotopic (exact) mass is 226 g/mol. The molecular formula is C11H18N2OS. The van der Waals surface area contributed by atoms with Gasteiger partial charge in [-0.15, -0.1) is 11.3 Å². The fraction of sp³-hybridized carbons (Fsp3) is 0.727. The van der Waals surface area contributed by atoms with E-state index in [0.717, 1.165) is 44.7 Å². The van der Waals surface area contributed by atoms with Crippen LogP contribution in [-0.2, 0) is 11.2 Å². The summed E-state index contributed by atoms with van der Waals surface area (Å²) in [7, 11) is 0. The Morgan fingerprint density at radius 1 is 1.53 bits per heavy atom. The summed E-state index contributed by atoms with van der Waals surface area (Å²) in [5.74, 6) is 0. The maximum atomic E-state index is 5.91. The molecule has 0 unspecified atom stereocenters. The van der Waals surface area contributed by atoms with Gasteiger partial charge in [0.1, 0.15) is 0 Å². The van der Waals surface area contributed by atoms with Crippen LogP contribution in [-0.4, -0.2) is 24.7 Å². The number of aryl methyl sites for hydroxylation is 1. The Balaban J connectivity index is 2.06. The number of nitrogens with two attached hydrogens (primary N) is 1. The van der Waals surface area contributed by atoms with Crippen LogP contribution < -0.4 is 5.73 Å². The van der Waals surface area contributed by atoms with Gasteiger partial charge in [-0.25, -0.2) is 4.98 Å². The molecule has 0 atom stereocenters. The summed E-state index contributed by atoms with van der Waals surface area (Å²) in [6.07, 6.45) is 3.16. The zero-order valence-electron chi connectivity index (χ0n) is 9.16. The Hall–Kier alpha value is -0.450. The van der Waals surface area contributed by atoms with Crippen LogP contribution in [0.3, 0.4) is 0 Å². The molecule has 1 fully saturated rings. The van der Waals surface area contributed by atoms with Gasteiger partial charge in [0.05, 0.1) is 5.01 Å². The number of aromatic nitrogens is 1. The molecule has 2 heterocycles. The molecule has 1 aliphatic heterocycles. The van der Waals surface area contributed by atoms with Gasteiger partial charge in [-0.2, -0.15) is 0 Å². The number of hydrogen-bond donors (Lipinski definition) is 1. The summed E-state index contributed by atoms with van der Waals surface area (Å²) in [5, 5.41) is 3.33. The summed E-state index contributed by atoms with van der Waals surface area (Å²) in [6.45, 7) is 4.48. The molecule has 3 nitrogen and oxygen atoms in total. The van der Waals surface area contributed by atoms with Crippen molar-refractivity contribution in [1.82, 2.24) is 4.98 Å². The Kier molecular flexibility index (Phi) is 3.38. The first-order valence-electron chi connectivity index (χ1n) is 5.43. The first-order chi connectivity index (χ1) is 7.24. The molecule has 4 heteroatoms. The van der Waals surface area contributed by atoms with Crippen molar-refractivity contribution in [1.29, 1.82) is 0 Å². The minimum atomic E-state index is 0.239. The molecule has 1 aromatic heterocycles. The molecule has 0 amide bonds. The normalized spacial score (nSPS) is 20.4. The van der Waals surface area contributed by atoms with Crippen LogP contribution in [0.1, 0.15) is 23.5 Å². The fourth-order valence-electron chi connectivity index (χ4n) is 2.06. The molecule has 2 N–H and O–H groups in total. The summed E-state index contributed by atoms with van der Waals surface area (Å²) in [5.41, 5.74) is 7.27. The Morgan fingerprint density at radius 3 is 2.80 bits per heavy atom. The van der Waals surface area contributed by atoms with Crippen molar-refractivity contribution in [2.75, 3.05) is 19.8 Å². The quantitative estimate of drug-likeness (QED) is 0.854. The van der Waals surface area contributed by atoms with E-state index in [0.29, 0.717) is 0 Å². The Labute approximate surface area is 94.7 Å². The first kappa shape index (κ1) is 11.0. The van der Waals surface area contributed by atoms with E-state index in [2.05, 4.69) is 10.4 Å². The molecule has 0 radical (unpaired) electrons. The van der Waals surface area contributed by atoms with Crippen molar-refractivity contribution < 1.29 is 4.74 Å². The van der Waals surface area contributed by atoms with Gasteiger partial charge in [-0.05, 0) is 31.7 Å². The van der Waals surface area contributed by atoms with E-state index in [9.17, 15) is 0 Å². The Bertz CT molecular complexity index is 318. The second-order valence-electron chi connectivity index (χ2n) is 4.38. The number of thiazole rings is 1. The van der Waals surface area contributed by atoms with Gasteiger partial charge in [0, 0.05) is 30.7 Å². The minimum absolute atomic E-state index is 0.239. The molecule has 1 aromatic rings. The van der Waals surface area contributed by atoms with Crippen LogP contribution in [0.25, 0.3) is 0 Å². The average Bonchev–Trinajstić information content (AvgIpc) is 2.65. The first-order valence-corrected chi connectivity index (χ1v) is 6.31. The van der Waals surface area contributed by atoms with Gasteiger partial charge in [-0.1, -0.05) is 0 Å². The second kappa shape index (κ2) is 4.60. The van der Waals surface area contributed by atoms with Gasteiger partial charge >= 0.3 is 0 Å². The van der Waals surface area contributed by atoms with Gasteiger partial charge in [0.25, 0.3) is 0 Å². The van der Waals surface area contributed by atoms with Crippen molar-refractivity contribution in [3.05, 3.63) is 16.1 Å². The van der Waals surface area contributed by atoms with E-state index in [4.69, 9.17) is 10.5 Å². The number of hydrogen-bond acceptors (Lipinski definition) is 4. The summed E-state index contributed by atoms with van der Waals surface area (Å²) in [6, 6.07) is 0. The highest BCUT2D eigenvalue weighted by molar-refractivity contribution is 7.09. The summed E-state index contributed by atoms with van der Waals surface area (Å²) >= 11 is 1.75. The van der Waals surface area contributed by atoms with Crippen molar-refractivity contribution >= 4 is 11.3 Å². The van der Waals surface area contributed by atoms with Crippen LogP contribution >= 0.6 is 11.3 Å². The maximum absolute atomic E-state index is 5.91. The molecule has 0 bridgehead atoms. The Morgan fingerprint density at radius 2 is 2.27 bits per heavy atom. The van der Waals surface area contributed by atoms with Crippen LogP contribution in [0.2, 0.25) is 0 Å². The third kappa shape index (κ3) is 2.56. The van der Waals surface area contributed by atoms with E-state index in [1.54, 1.807) is 11.3 Å². The van der Waals surface area contributed by atoms with Gasteiger partial charge < -0.3 is 10.5 Å². The van der Waals surface area contributed by atoms with E-state index in [1.807, 2.05) is 6.92 Å². The van der Waals surface area contributed by atoms with Gasteiger partial charge in [-0.3, -0.25) is 0 Å². The highest BCUT2D eigenvalue weighted by atomic mass is 32.1. The molecule has 15 heavy (non-hydrogen) atoms. The van der Waals surface area contributed by atoms with E-state index < -0.39 is 0 Å². The number of nitrogens with zero attached hydrogens (tertiary/aromatic N) is 1. The SMILES string of the molecule is Cc1csc(CC2(CN)CCOCC2)n1. The zero-order valence-corrected chi connectivity index (χ0v) is 9.98. The standard InChI is InChI=1S/C11H18N2OS/c1-9-7-15-10(13-9)6-11(8-12)2-4-14-5-3-11/h7H,2-6,8,12H2,1H3. The zero-order chi connectivity index (χ0) is 10.7. The molecule has 2 rings (SSSR count). The van der Waals surface area contributed by atoms with Crippen molar-refractivity contribution in [3.8, 4) is 0 Å². The topological polar surface area (TPSA) is 48.1 Å². The van der Waals surface area contributed by atoms with Crippen LogP contribution in [0.4, 0.5) is 0 Å². The molecule has 1 saturated heterocycles.